The number of nitrogens with zero attached hydrogens (tertiary/aromatic N) is 1. The molecule has 8 nitrogen and oxygen atoms in total. The number of aromatic nitrogens is 1. The smallest absolute Gasteiger partial charge is 0.323 e. The number of ether oxygens (including phenoxy) is 3. The summed E-state index contributed by atoms with van der Waals surface area (Å²) in [6.07, 6.45) is 0.751. The Kier molecular flexibility index (Phi) is 10.3. The number of urea groups is 1. The molecule has 1 aromatic heterocycles. The monoisotopic (exact) mass is 633 g/mol. The summed E-state index contributed by atoms with van der Waals surface area (Å²) in [5.74, 6) is 2.15. The van der Waals surface area contributed by atoms with E-state index in [1.807, 2.05) is 97.1 Å². The Morgan fingerprint density at radius 2 is 1.54 bits per heavy atom. The fourth-order valence-corrected chi connectivity index (χ4v) is 6.22. The molecule has 2 amide bonds. The second kappa shape index (κ2) is 15.1. The highest BCUT2D eigenvalue weighted by Gasteiger charge is 2.38. The predicted molar refractivity (Wildman–Crippen MR) is 180 cm³/mol. The minimum Gasteiger partial charge on any atom is -0.457 e. The summed E-state index contributed by atoms with van der Waals surface area (Å²) in [4.78, 5) is 17.4. The van der Waals surface area contributed by atoms with Gasteiger partial charge >= 0.3 is 6.03 Å². The van der Waals surface area contributed by atoms with Crippen molar-refractivity contribution in [2.75, 3.05) is 16.4 Å². The lowest BCUT2D eigenvalue weighted by Crippen LogP contribution is -2.38. The van der Waals surface area contributed by atoms with Gasteiger partial charge < -0.3 is 30.0 Å². The van der Waals surface area contributed by atoms with Crippen LogP contribution >= 0.6 is 11.8 Å². The van der Waals surface area contributed by atoms with E-state index >= 15 is 0 Å². The molecular weight excluding hydrogens is 598 g/mol. The summed E-state index contributed by atoms with van der Waals surface area (Å²) in [5, 5.41) is 16.3. The van der Waals surface area contributed by atoms with Crippen LogP contribution in [0, 0.1) is 5.92 Å². The number of benzene rings is 4. The SMILES string of the molecule is C[C@H]1[C@@H](CSc2ccccn2)O[C@@H](c2cccc(NC(=O)Nc3ccc(Oc4ccccc4)cc3)c2)O[C@H]1c1ccc(CO)cc1. The molecule has 9 heteroatoms. The minimum atomic E-state index is -0.657. The lowest BCUT2D eigenvalue weighted by molar-refractivity contribution is -0.268. The molecule has 1 saturated heterocycles. The van der Waals surface area contributed by atoms with Gasteiger partial charge in [0, 0.05) is 34.8 Å². The van der Waals surface area contributed by atoms with Crippen molar-refractivity contribution in [2.24, 2.45) is 5.92 Å². The molecule has 6 rings (SSSR count). The summed E-state index contributed by atoms with van der Waals surface area (Å²) in [7, 11) is 0. The van der Waals surface area contributed by atoms with Crippen LogP contribution in [0.4, 0.5) is 16.2 Å². The number of aliphatic hydroxyl groups is 1. The molecule has 1 fully saturated rings. The van der Waals surface area contributed by atoms with E-state index in [2.05, 4.69) is 22.5 Å². The lowest BCUT2D eigenvalue weighted by atomic mass is 9.91. The number of hydrogen-bond acceptors (Lipinski definition) is 7. The first-order valence-corrected chi connectivity index (χ1v) is 16.1. The normalized spacial score (nSPS) is 19.3. The van der Waals surface area contributed by atoms with Crippen molar-refractivity contribution in [1.82, 2.24) is 4.98 Å². The van der Waals surface area contributed by atoms with E-state index < -0.39 is 6.29 Å². The molecule has 234 valence electrons. The van der Waals surface area contributed by atoms with Gasteiger partial charge in [0.1, 0.15) is 11.5 Å². The Morgan fingerprint density at radius 1 is 0.804 bits per heavy atom. The van der Waals surface area contributed by atoms with Crippen molar-refractivity contribution in [3.63, 3.8) is 0 Å². The van der Waals surface area contributed by atoms with Gasteiger partial charge in [-0.3, -0.25) is 0 Å². The van der Waals surface area contributed by atoms with Crippen molar-refractivity contribution in [2.45, 2.75) is 37.1 Å². The maximum absolute atomic E-state index is 12.9. The third-order valence-corrected chi connectivity index (χ3v) is 8.70. The molecule has 0 spiro atoms. The number of carbonyl (C=O) groups excluding carboxylic acids is 1. The van der Waals surface area contributed by atoms with Crippen LogP contribution in [0.5, 0.6) is 11.5 Å². The number of rotatable bonds is 10. The van der Waals surface area contributed by atoms with E-state index in [0.717, 1.165) is 27.5 Å². The van der Waals surface area contributed by atoms with Gasteiger partial charge in [0.05, 0.1) is 23.8 Å². The topological polar surface area (TPSA) is 102 Å². The van der Waals surface area contributed by atoms with Crippen molar-refractivity contribution in [3.8, 4) is 11.5 Å². The van der Waals surface area contributed by atoms with Crippen molar-refractivity contribution in [1.29, 1.82) is 0 Å². The van der Waals surface area contributed by atoms with E-state index in [0.29, 0.717) is 22.9 Å². The number of pyridine rings is 1. The zero-order chi connectivity index (χ0) is 31.7. The summed E-state index contributed by atoms with van der Waals surface area (Å²) in [6, 6.07) is 37.5. The standard InChI is InChI=1S/C37H35N3O5S/c1-25-33(24-46-34-12-5-6-21-38-34)44-36(45-35(25)27-15-13-26(23-41)14-16-27)28-8-7-9-30(22-28)40-37(42)39-29-17-19-32(20-18-29)43-31-10-3-2-4-11-31/h2-22,25,33,35-36,41H,23-24H2,1H3,(H2,39,40,42)/t25-,33+,35+,36+/m0/s1. The highest BCUT2D eigenvalue weighted by Crippen LogP contribution is 2.43. The highest BCUT2D eigenvalue weighted by molar-refractivity contribution is 7.99. The van der Waals surface area contributed by atoms with Gasteiger partial charge in [-0.2, -0.15) is 0 Å². The van der Waals surface area contributed by atoms with Crippen LogP contribution in [-0.2, 0) is 16.1 Å². The second-order valence-corrected chi connectivity index (χ2v) is 12.0. The lowest BCUT2D eigenvalue weighted by Gasteiger charge is -2.41. The van der Waals surface area contributed by atoms with E-state index in [1.165, 1.54) is 0 Å². The van der Waals surface area contributed by atoms with E-state index in [-0.39, 0.29) is 30.8 Å². The summed E-state index contributed by atoms with van der Waals surface area (Å²) < 4.78 is 19.0. The fourth-order valence-electron chi connectivity index (χ4n) is 5.20. The summed E-state index contributed by atoms with van der Waals surface area (Å²) in [6.45, 7) is 2.12. The van der Waals surface area contributed by atoms with Crippen LogP contribution in [0.3, 0.4) is 0 Å². The molecule has 1 aliphatic rings. The number of thioether (sulfide) groups is 1. The molecular formula is C37H35N3O5S. The van der Waals surface area contributed by atoms with Gasteiger partial charge in [-0.25, -0.2) is 9.78 Å². The molecule has 0 radical (unpaired) electrons. The fraction of sp³-hybridized carbons (Fsp3) is 0.189. The average Bonchev–Trinajstić information content (AvgIpc) is 3.10. The number of anilines is 2. The molecule has 46 heavy (non-hydrogen) atoms. The Bertz CT molecular complexity index is 1710. The minimum absolute atomic E-state index is 0.0161. The molecule has 2 heterocycles. The maximum Gasteiger partial charge on any atom is 0.323 e. The maximum atomic E-state index is 12.9. The molecule has 5 aromatic rings. The third-order valence-electron chi connectivity index (χ3n) is 7.66. The van der Waals surface area contributed by atoms with Crippen LogP contribution in [0.15, 0.2) is 133 Å². The molecule has 4 aromatic carbocycles. The molecule has 0 aliphatic carbocycles. The predicted octanol–water partition coefficient (Wildman–Crippen LogP) is 8.59. The Hall–Kier alpha value is -4.67. The van der Waals surface area contributed by atoms with Crippen LogP contribution < -0.4 is 15.4 Å². The third kappa shape index (κ3) is 8.13. The average molecular weight is 634 g/mol. The molecule has 0 unspecified atom stereocenters. The zero-order valence-electron chi connectivity index (χ0n) is 25.3. The first kappa shape index (κ1) is 31.3. The Labute approximate surface area is 272 Å². The second-order valence-electron chi connectivity index (χ2n) is 10.9. The largest absolute Gasteiger partial charge is 0.457 e. The first-order valence-electron chi connectivity index (χ1n) is 15.1. The van der Waals surface area contributed by atoms with Crippen LogP contribution in [0.2, 0.25) is 0 Å². The summed E-state index contributed by atoms with van der Waals surface area (Å²) in [5.41, 5.74) is 3.88. The number of para-hydroxylation sites is 1. The van der Waals surface area contributed by atoms with E-state index in [9.17, 15) is 9.90 Å². The summed E-state index contributed by atoms with van der Waals surface area (Å²) >= 11 is 1.65. The number of amides is 2. The Morgan fingerprint density at radius 3 is 2.28 bits per heavy atom. The van der Waals surface area contributed by atoms with E-state index in [4.69, 9.17) is 14.2 Å². The van der Waals surface area contributed by atoms with Gasteiger partial charge in [0.25, 0.3) is 0 Å². The molecule has 3 N–H and O–H groups in total. The molecule has 0 saturated carbocycles. The van der Waals surface area contributed by atoms with E-state index in [1.54, 1.807) is 42.2 Å². The Balaban J connectivity index is 1.14. The van der Waals surface area contributed by atoms with Crippen LogP contribution in [0.25, 0.3) is 0 Å². The van der Waals surface area contributed by atoms with Crippen molar-refractivity contribution in [3.05, 3.63) is 144 Å². The van der Waals surface area contributed by atoms with Gasteiger partial charge in [0.15, 0.2) is 6.29 Å². The number of carbonyl (C=O) groups is 1. The van der Waals surface area contributed by atoms with Gasteiger partial charge in [-0.05, 0) is 71.8 Å². The van der Waals surface area contributed by atoms with Crippen LogP contribution in [0.1, 0.15) is 36.0 Å². The first-order chi connectivity index (χ1) is 22.5. The molecule has 0 bridgehead atoms. The van der Waals surface area contributed by atoms with Gasteiger partial charge in [-0.15, -0.1) is 11.8 Å². The zero-order valence-corrected chi connectivity index (χ0v) is 26.1. The number of nitrogens with one attached hydrogen (secondary N) is 2. The highest BCUT2D eigenvalue weighted by atomic mass is 32.2. The number of aliphatic hydroxyl groups excluding tert-OH is 1. The number of hydrogen-bond donors (Lipinski definition) is 3. The van der Waals surface area contributed by atoms with Crippen molar-refractivity contribution < 1.29 is 24.1 Å². The quantitative estimate of drug-likeness (QED) is 0.132. The van der Waals surface area contributed by atoms with Gasteiger partial charge in [-0.1, -0.05) is 67.6 Å². The molecule has 1 aliphatic heterocycles. The van der Waals surface area contributed by atoms with Gasteiger partial charge in [0.2, 0.25) is 0 Å². The molecule has 4 atom stereocenters. The van der Waals surface area contributed by atoms with Crippen molar-refractivity contribution >= 4 is 29.2 Å². The van der Waals surface area contributed by atoms with Crippen LogP contribution in [-0.4, -0.2) is 28.0 Å².